The lowest BCUT2D eigenvalue weighted by Gasteiger charge is -2.29. The van der Waals surface area contributed by atoms with Crippen molar-refractivity contribution in [2.75, 3.05) is 14.2 Å². The number of carbonyl (C=O) groups excluding carboxylic acids is 1. The van der Waals surface area contributed by atoms with Gasteiger partial charge in [0.25, 0.3) is 0 Å². The van der Waals surface area contributed by atoms with Crippen LogP contribution in [0.3, 0.4) is 0 Å². The molecule has 0 heterocycles. The van der Waals surface area contributed by atoms with Crippen LogP contribution in [0.15, 0.2) is 47.4 Å². The zero-order chi connectivity index (χ0) is 21.2. The molecule has 0 N–H and O–H groups in total. The van der Waals surface area contributed by atoms with Gasteiger partial charge in [0.15, 0.2) is 0 Å². The number of hydrogen-bond acceptors (Lipinski definition) is 5. The van der Waals surface area contributed by atoms with Crippen molar-refractivity contribution in [3.05, 3.63) is 59.2 Å². The highest BCUT2D eigenvalue weighted by Crippen LogP contribution is 2.38. The molecular weight excluding hydrogens is 390 g/mol. The number of esters is 1. The van der Waals surface area contributed by atoms with Crippen LogP contribution in [0.5, 0.6) is 5.75 Å². The van der Waals surface area contributed by atoms with Gasteiger partial charge in [-0.25, -0.2) is 13.2 Å². The van der Waals surface area contributed by atoms with Gasteiger partial charge in [-0.1, -0.05) is 18.2 Å². The SMILES string of the molecule is COC(=O)c1ccc(C)c(S(=O)(=O)N(Cc2ccc(OC)cc2)C(C)C2CC2)c1. The molecule has 0 saturated heterocycles. The van der Waals surface area contributed by atoms with Crippen LogP contribution >= 0.6 is 0 Å². The van der Waals surface area contributed by atoms with Gasteiger partial charge in [0.1, 0.15) is 5.75 Å². The second kappa shape index (κ2) is 8.55. The third-order valence-corrected chi connectivity index (χ3v) is 7.53. The predicted molar refractivity (Wildman–Crippen MR) is 110 cm³/mol. The van der Waals surface area contributed by atoms with E-state index in [0.29, 0.717) is 11.5 Å². The summed E-state index contributed by atoms with van der Waals surface area (Å²) in [5, 5.41) is 0. The van der Waals surface area contributed by atoms with Crippen LogP contribution in [0.25, 0.3) is 0 Å². The maximum Gasteiger partial charge on any atom is 0.337 e. The minimum absolute atomic E-state index is 0.136. The van der Waals surface area contributed by atoms with Gasteiger partial charge < -0.3 is 9.47 Å². The first-order valence-electron chi connectivity index (χ1n) is 9.61. The normalized spacial score (nSPS) is 15.2. The Hall–Kier alpha value is -2.38. The van der Waals surface area contributed by atoms with E-state index in [1.165, 1.54) is 13.2 Å². The number of nitrogens with zero attached hydrogens (tertiary/aromatic N) is 1. The molecule has 2 aromatic rings. The highest BCUT2D eigenvalue weighted by Gasteiger charge is 2.39. The number of hydrogen-bond donors (Lipinski definition) is 0. The summed E-state index contributed by atoms with van der Waals surface area (Å²) in [5.74, 6) is 0.519. The molecule has 0 radical (unpaired) electrons. The number of ether oxygens (including phenoxy) is 2. The zero-order valence-corrected chi connectivity index (χ0v) is 18.0. The maximum absolute atomic E-state index is 13.7. The van der Waals surface area contributed by atoms with E-state index >= 15 is 0 Å². The average molecular weight is 418 g/mol. The zero-order valence-electron chi connectivity index (χ0n) is 17.2. The Bertz CT molecular complexity index is 981. The van der Waals surface area contributed by atoms with E-state index in [1.807, 2.05) is 31.2 Å². The third-order valence-electron chi connectivity index (χ3n) is 5.45. The summed E-state index contributed by atoms with van der Waals surface area (Å²) in [5.41, 5.74) is 1.70. The number of sulfonamides is 1. The lowest BCUT2D eigenvalue weighted by Crippen LogP contribution is -2.39. The minimum atomic E-state index is -3.82. The molecule has 156 valence electrons. The number of carbonyl (C=O) groups is 1. The minimum Gasteiger partial charge on any atom is -0.497 e. The van der Waals surface area contributed by atoms with E-state index in [0.717, 1.165) is 24.2 Å². The van der Waals surface area contributed by atoms with Crippen LogP contribution in [0.2, 0.25) is 0 Å². The molecule has 6 nitrogen and oxygen atoms in total. The highest BCUT2D eigenvalue weighted by molar-refractivity contribution is 7.89. The van der Waals surface area contributed by atoms with E-state index in [2.05, 4.69) is 0 Å². The Labute approximate surface area is 172 Å². The summed E-state index contributed by atoms with van der Waals surface area (Å²) in [4.78, 5) is 12.1. The van der Waals surface area contributed by atoms with Gasteiger partial charge in [-0.2, -0.15) is 4.31 Å². The number of aryl methyl sites for hydroxylation is 1. The van der Waals surface area contributed by atoms with Crippen LogP contribution < -0.4 is 4.74 Å². The Balaban J connectivity index is 2.00. The van der Waals surface area contributed by atoms with Crippen LogP contribution in [0.4, 0.5) is 0 Å². The van der Waals surface area contributed by atoms with E-state index in [9.17, 15) is 13.2 Å². The maximum atomic E-state index is 13.7. The lowest BCUT2D eigenvalue weighted by atomic mass is 10.1. The Kier molecular flexibility index (Phi) is 6.29. The van der Waals surface area contributed by atoms with Gasteiger partial charge in [0.05, 0.1) is 24.7 Å². The predicted octanol–water partition coefficient (Wildman–Crippen LogP) is 3.78. The Morgan fingerprint density at radius 1 is 1.14 bits per heavy atom. The van der Waals surface area contributed by atoms with Crippen molar-refractivity contribution in [2.24, 2.45) is 5.92 Å². The molecule has 0 amide bonds. The van der Waals surface area contributed by atoms with Gasteiger partial charge in [-0.05, 0) is 68.0 Å². The van der Waals surface area contributed by atoms with Gasteiger partial charge in [0.2, 0.25) is 10.0 Å². The molecule has 1 saturated carbocycles. The summed E-state index contributed by atoms with van der Waals surface area (Å²) >= 11 is 0. The average Bonchev–Trinajstić information content (AvgIpc) is 3.57. The van der Waals surface area contributed by atoms with Gasteiger partial charge in [-0.15, -0.1) is 0 Å². The van der Waals surface area contributed by atoms with Crippen LogP contribution in [-0.4, -0.2) is 39.0 Å². The van der Waals surface area contributed by atoms with Crippen molar-refractivity contribution in [1.82, 2.24) is 4.31 Å². The third kappa shape index (κ3) is 4.62. The Morgan fingerprint density at radius 2 is 1.79 bits per heavy atom. The quantitative estimate of drug-likeness (QED) is 0.611. The monoisotopic (exact) mass is 417 g/mol. The van der Waals surface area contributed by atoms with Gasteiger partial charge in [0, 0.05) is 12.6 Å². The number of methoxy groups -OCH3 is 2. The van der Waals surface area contributed by atoms with E-state index in [4.69, 9.17) is 9.47 Å². The molecule has 0 bridgehead atoms. The molecule has 1 fully saturated rings. The molecule has 1 aliphatic carbocycles. The molecule has 0 aliphatic heterocycles. The largest absolute Gasteiger partial charge is 0.497 e. The van der Waals surface area contributed by atoms with Crippen molar-refractivity contribution in [2.45, 2.75) is 44.2 Å². The molecule has 1 unspecified atom stereocenters. The molecule has 1 atom stereocenters. The fraction of sp³-hybridized carbons (Fsp3) is 0.409. The topological polar surface area (TPSA) is 72.9 Å². The van der Waals surface area contributed by atoms with Crippen LogP contribution in [0.1, 0.15) is 41.3 Å². The van der Waals surface area contributed by atoms with Crippen molar-refractivity contribution >= 4 is 16.0 Å². The fourth-order valence-corrected chi connectivity index (χ4v) is 5.35. The summed E-state index contributed by atoms with van der Waals surface area (Å²) in [6, 6.07) is 11.9. The molecule has 3 rings (SSSR count). The highest BCUT2D eigenvalue weighted by atomic mass is 32.2. The molecule has 0 spiro atoms. The van der Waals surface area contributed by atoms with Crippen molar-refractivity contribution in [3.8, 4) is 5.75 Å². The molecule has 2 aromatic carbocycles. The molecule has 0 aromatic heterocycles. The van der Waals surface area contributed by atoms with Crippen molar-refractivity contribution in [3.63, 3.8) is 0 Å². The Morgan fingerprint density at radius 3 is 2.34 bits per heavy atom. The first-order chi connectivity index (χ1) is 13.8. The van der Waals surface area contributed by atoms with E-state index in [1.54, 1.807) is 30.5 Å². The number of benzene rings is 2. The van der Waals surface area contributed by atoms with Gasteiger partial charge in [-0.3, -0.25) is 0 Å². The molecule has 7 heteroatoms. The summed E-state index contributed by atoms with van der Waals surface area (Å²) in [6.07, 6.45) is 2.05. The van der Waals surface area contributed by atoms with Gasteiger partial charge >= 0.3 is 5.97 Å². The first kappa shape index (κ1) is 21.3. The molecular formula is C22H27NO5S. The standard InChI is InChI=1S/C22H27NO5S/c1-15-5-8-19(22(24)28-4)13-21(15)29(25,26)23(16(2)18-9-10-18)14-17-6-11-20(27-3)12-7-17/h5-8,11-13,16,18H,9-10,14H2,1-4H3. The molecule has 1 aliphatic rings. The smallest absolute Gasteiger partial charge is 0.337 e. The van der Waals surface area contributed by atoms with Crippen LogP contribution in [-0.2, 0) is 21.3 Å². The second-order valence-electron chi connectivity index (χ2n) is 7.45. The second-order valence-corrected chi connectivity index (χ2v) is 9.31. The number of rotatable bonds is 8. The lowest BCUT2D eigenvalue weighted by molar-refractivity contribution is 0.0600. The van der Waals surface area contributed by atoms with Crippen molar-refractivity contribution in [1.29, 1.82) is 0 Å². The van der Waals surface area contributed by atoms with E-state index in [-0.39, 0.29) is 23.0 Å². The summed E-state index contributed by atoms with van der Waals surface area (Å²) in [7, 11) is -0.945. The summed E-state index contributed by atoms with van der Waals surface area (Å²) < 4.78 is 38.8. The van der Waals surface area contributed by atoms with Crippen LogP contribution in [0, 0.1) is 12.8 Å². The van der Waals surface area contributed by atoms with E-state index < -0.39 is 16.0 Å². The first-order valence-corrected chi connectivity index (χ1v) is 11.1. The van der Waals surface area contributed by atoms with Crippen molar-refractivity contribution < 1.29 is 22.7 Å². The fourth-order valence-electron chi connectivity index (χ4n) is 3.42. The summed E-state index contributed by atoms with van der Waals surface area (Å²) in [6.45, 7) is 3.95. The molecule has 29 heavy (non-hydrogen) atoms.